The Hall–Kier alpha value is -3.14. The van der Waals surface area contributed by atoms with Gasteiger partial charge in [-0.2, -0.15) is 0 Å². The first-order valence-corrected chi connectivity index (χ1v) is 9.58. The summed E-state index contributed by atoms with van der Waals surface area (Å²) in [6.07, 6.45) is 0. The number of benzene rings is 2. The zero-order chi connectivity index (χ0) is 21.0. The van der Waals surface area contributed by atoms with Gasteiger partial charge >= 0.3 is 0 Å². The summed E-state index contributed by atoms with van der Waals surface area (Å²) in [7, 11) is 0. The average Bonchev–Trinajstić information content (AvgIpc) is 3.00. The number of nitrogen functional groups attached to an aromatic ring is 1. The minimum absolute atomic E-state index is 0.105. The fourth-order valence-electron chi connectivity index (χ4n) is 2.58. The SMILES string of the molecule is Cc1cc(C)cc(OCc2nnc(SCC(=O)Nc3cc(F)ccc3F)n2N)c1. The van der Waals surface area contributed by atoms with E-state index in [2.05, 4.69) is 15.5 Å². The summed E-state index contributed by atoms with van der Waals surface area (Å²) < 4.78 is 33.7. The predicted molar refractivity (Wildman–Crippen MR) is 106 cm³/mol. The first-order chi connectivity index (χ1) is 13.8. The van der Waals surface area contributed by atoms with Crippen molar-refractivity contribution in [2.75, 3.05) is 16.9 Å². The number of aromatic nitrogens is 3. The van der Waals surface area contributed by atoms with Crippen LogP contribution in [0.5, 0.6) is 5.75 Å². The van der Waals surface area contributed by atoms with Gasteiger partial charge in [-0.15, -0.1) is 10.2 Å². The van der Waals surface area contributed by atoms with Crippen LogP contribution in [0, 0.1) is 25.5 Å². The van der Waals surface area contributed by atoms with Crippen molar-refractivity contribution in [3.05, 3.63) is 65.0 Å². The Morgan fingerprint density at radius 2 is 1.90 bits per heavy atom. The number of ether oxygens (including phenoxy) is 1. The number of amides is 1. The second kappa shape index (κ2) is 8.91. The number of thioether (sulfide) groups is 1. The third-order valence-electron chi connectivity index (χ3n) is 3.83. The number of aryl methyl sites for hydroxylation is 2. The maximum atomic E-state index is 13.6. The Bertz CT molecular complexity index is 1020. The average molecular weight is 419 g/mol. The highest BCUT2D eigenvalue weighted by molar-refractivity contribution is 7.99. The summed E-state index contributed by atoms with van der Waals surface area (Å²) in [6, 6.07) is 8.65. The van der Waals surface area contributed by atoms with Crippen LogP contribution >= 0.6 is 11.8 Å². The number of anilines is 1. The van der Waals surface area contributed by atoms with Gasteiger partial charge in [-0.25, -0.2) is 13.5 Å². The van der Waals surface area contributed by atoms with Gasteiger partial charge < -0.3 is 15.9 Å². The molecule has 0 saturated carbocycles. The Balaban J connectivity index is 1.56. The number of rotatable bonds is 7. The molecule has 0 aliphatic carbocycles. The summed E-state index contributed by atoms with van der Waals surface area (Å²) in [5.41, 5.74) is 1.92. The Kier molecular flexibility index (Phi) is 6.32. The number of carbonyl (C=O) groups is 1. The van der Waals surface area contributed by atoms with Gasteiger partial charge in [0.05, 0.1) is 11.4 Å². The van der Waals surface area contributed by atoms with Crippen LogP contribution in [-0.4, -0.2) is 26.5 Å². The van der Waals surface area contributed by atoms with Crippen molar-refractivity contribution in [1.29, 1.82) is 0 Å². The Morgan fingerprint density at radius 1 is 1.17 bits per heavy atom. The lowest BCUT2D eigenvalue weighted by Crippen LogP contribution is -2.18. The van der Waals surface area contributed by atoms with E-state index in [-0.39, 0.29) is 18.0 Å². The monoisotopic (exact) mass is 419 g/mol. The molecule has 10 heteroatoms. The van der Waals surface area contributed by atoms with Crippen LogP contribution in [0.3, 0.4) is 0 Å². The normalized spacial score (nSPS) is 10.8. The molecule has 0 unspecified atom stereocenters. The molecule has 3 N–H and O–H groups in total. The highest BCUT2D eigenvalue weighted by Crippen LogP contribution is 2.20. The second-order valence-corrected chi connectivity index (χ2v) is 7.28. The topological polar surface area (TPSA) is 95.1 Å². The molecular weight excluding hydrogens is 400 g/mol. The zero-order valence-electron chi connectivity index (χ0n) is 15.8. The van der Waals surface area contributed by atoms with E-state index < -0.39 is 17.5 Å². The smallest absolute Gasteiger partial charge is 0.234 e. The van der Waals surface area contributed by atoms with Crippen LogP contribution in [-0.2, 0) is 11.4 Å². The van der Waals surface area contributed by atoms with Gasteiger partial charge in [-0.1, -0.05) is 17.8 Å². The Labute approximate surface area is 170 Å². The van der Waals surface area contributed by atoms with Crippen molar-refractivity contribution < 1.29 is 18.3 Å². The summed E-state index contributed by atoms with van der Waals surface area (Å²) in [4.78, 5) is 12.0. The first kappa shape index (κ1) is 20.6. The molecule has 0 atom stereocenters. The lowest BCUT2D eigenvalue weighted by atomic mass is 10.1. The van der Waals surface area contributed by atoms with Gasteiger partial charge in [0, 0.05) is 6.07 Å². The molecule has 0 fully saturated rings. The molecule has 0 aliphatic heterocycles. The lowest BCUT2D eigenvalue weighted by molar-refractivity contribution is -0.113. The van der Waals surface area contributed by atoms with Gasteiger partial charge in [0.15, 0.2) is 5.82 Å². The van der Waals surface area contributed by atoms with Crippen LogP contribution in [0.2, 0.25) is 0 Å². The summed E-state index contributed by atoms with van der Waals surface area (Å²) in [5.74, 6) is 5.02. The van der Waals surface area contributed by atoms with Crippen LogP contribution in [0.15, 0.2) is 41.6 Å². The number of nitrogens with one attached hydrogen (secondary N) is 1. The fraction of sp³-hybridized carbons (Fsp3) is 0.211. The number of nitrogens with two attached hydrogens (primary N) is 1. The van der Waals surface area contributed by atoms with E-state index in [9.17, 15) is 13.6 Å². The molecule has 7 nitrogen and oxygen atoms in total. The number of carbonyl (C=O) groups excluding carboxylic acids is 1. The van der Waals surface area contributed by atoms with E-state index in [0.717, 1.165) is 41.1 Å². The molecule has 1 amide bonds. The van der Waals surface area contributed by atoms with Crippen molar-refractivity contribution in [2.24, 2.45) is 0 Å². The van der Waals surface area contributed by atoms with Gasteiger partial charge in [-0.05, 0) is 49.2 Å². The van der Waals surface area contributed by atoms with E-state index in [0.29, 0.717) is 16.7 Å². The number of hydrogen-bond acceptors (Lipinski definition) is 6. The summed E-state index contributed by atoms with van der Waals surface area (Å²) in [5, 5.41) is 10.5. The van der Waals surface area contributed by atoms with Gasteiger partial charge in [0.2, 0.25) is 11.1 Å². The van der Waals surface area contributed by atoms with Crippen LogP contribution in [0.25, 0.3) is 0 Å². The predicted octanol–water partition coefficient (Wildman–Crippen LogP) is 3.20. The molecule has 29 heavy (non-hydrogen) atoms. The Morgan fingerprint density at radius 3 is 2.62 bits per heavy atom. The third-order valence-corrected chi connectivity index (χ3v) is 4.78. The van der Waals surface area contributed by atoms with E-state index in [1.165, 1.54) is 4.68 Å². The molecule has 1 heterocycles. The second-order valence-electron chi connectivity index (χ2n) is 6.34. The van der Waals surface area contributed by atoms with Crippen molar-refractivity contribution in [3.63, 3.8) is 0 Å². The molecule has 0 radical (unpaired) electrons. The van der Waals surface area contributed by atoms with Crippen molar-refractivity contribution in [1.82, 2.24) is 14.9 Å². The number of nitrogens with zero attached hydrogens (tertiary/aromatic N) is 3. The van der Waals surface area contributed by atoms with Crippen LogP contribution in [0.4, 0.5) is 14.5 Å². The van der Waals surface area contributed by atoms with Crippen molar-refractivity contribution in [2.45, 2.75) is 25.6 Å². The van der Waals surface area contributed by atoms with Crippen LogP contribution < -0.4 is 15.9 Å². The highest BCUT2D eigenvalue weighted by atomic mass is 32.2. The van der Waals surface area contributed by atoms with Gasteiger partial charge in [0.1, 0.15) is 24.0 Å². The van der Waals surface area contributed by atoms with E-state index >= 15 is 0 Å². The van der Waals surface area contributed by atoms with Gasteiger partial charge in [-0.3, -0.25) is 4.79 Å². The number of halogens is 2. The zero-order valence-corrected chi connectivity index (χ0v) is 16.6. The largest absolute Gasteiger partial charge is 0.486 e. The lowest BCUT2D eigenvalue weighted by Gasteiger charge is -2.08. The molecule has 0 bridgehead atoms. The summed E-state index contributed by atoms with van der Waals surface area (Å²) >= 11 is 1.01. The minimum atomic E-state index is -0.724. The minimum Gasteiger partial charge on any atom is -0.486 e. The molecule has 152 valence electrons. The van der Waals surface area contributed by atoms with Gasteiger partial charge in [0.25, 0.3) is 0 Å². The maximum absolute atomic E-state index is 13.6. The third kappa shape index (κ3) is 5.44. The molecule has 0 saturated heterocycles. The molecule has 1 aromatic heterocycles. The first-order valence-electron chi connectivity index (χ1n) is 8.60. The standard InChI is InChI=1S/C19H19F2N5O2S/c1-11-5-12(2)7-14(6-11)28-9-17-24-25-19(26(17)22)29-10-18(27)23-16-8-13(20)3-4-15(16)21/h3-8H,9-10,22H2,1-2H3,(H,23,27). The van der Waals surface area contributed by atoms with Crippen molar-refractivity contribution >= 4 is 23.4 Å². The molecule has 0 aliphatic rings. The molecule has 3 rings (SSSR count). The molecule has 2 aromatic carbocycles. The van der Waals surface area contributed by atoms with E-state index in [1.807, 2.05) is 32.0 Å². The number of hydrogen-bond donors (Lipinski definition) is 2. The molecule has 3 aromatic rings. The fourth-order valence-corrected chi connectivity index (χ4v) is 3.25. The van der Waals surface area contributed by atoms with E-state index in [4.69, 9.17) is 10.6 Å². The van der Waals surface area contributed by atoms with E-state index in [1.54, 1.807) is 0 Å². The maximum Gasteiger partial charge on any atom is 0.234 e. The molecular formula is C19H19F2N5O2S. The molecule has 0 spiro atoms. The summed E-state index contributed by atoms with van der Waals surface area (Å²) in [6.45, 7) is 4.05. The quantitative estimate of drug-likeness (QED) is 0.451. The van der Waals surface area contributed by atoms with Crippen LogP contribution in [0.1, 0.15) is 17.0 Å². The highest BCUT2D eigenvalue weighted by Gasteiger charge is 2.14. The van der Waals surface area contributed by atoms with Crippen molar-refractivity contribution in [3.8, 4) is 5.75 Å².